The summed E-state index contributed by atoms with van der Waals surface area (Å²) in [7, 11) is -1.88. The van der Waals surface area contributed by atoms with Crippen molar-refractivity contribution in [3.05, 3.63) is 18.5 Å². The standard InChI is InChI=1S/C13H23N3O2S/c1-5-13(6-2,7-3)16-19(17,18)12-10-15-9-8-11(12)14-4/h8-10,16H,5-7H2,1-4H3,(H,14,15). The van der Waals surface area contributed by atoms with Crippen LogP contribution in [0.3, 0.4) is 0 Å². The number of nitrogens with one attached hydrogen (secondary N) is 2. The van der Waals surface area contributed by atoms with Gasteiger partial charge in [-0.2, -0.15) is 0 Å². The van der Waals surface area contributed by atoms with Crippen molar-refractivity contribution in [2.24, 2.45) is 0 Å². The third-order valence-corrected chi connectivity index (χ3v) is 5.33. The molecule has 0 spiro atoms. The van der Waals surface area contributed by atoms with Crippen LogP contribution in [0.25, 0.3) is 0 Å². The highest BCUT2D eigenvalue weighted by molar-refractivity contribution is 7.89. The fraction of sp³-hybridized carbons (Fsp3) is 0.615. The SMILES string of the molecule is CCC(CC)(CC)NS(=O)(=O)c1cnccc1NC. The summed E-state index contributed by atoms with van der Waals surface area (Å²) in [5.41, 5.74) is 0.166. The fourth-order valence-corrected chi connectivity index (χ4v) is 3.88. The lowest BCUT2D eigenvalue weighted by atomic mass is 9.91. The van der Waals surface area contributed by atoms with Crippen LogP contribution in [0, 0.1) is 0 Å². The third kappa shape index (κ3) is 3.45. The molecule has 19 heavy (non-hydrogen) atoms. The smallest absolute Gasteiger partial charge is 0.244 e. The summed E-state index contributed by atoms with van der Waals surface area (Å²) in [5, 5.41) is 2.88. The first-order chi connectivity index (χ1) is 8.94. The second-order valence-electron chi connectivity index (χ2n) is 4.57. The van der Waals surface area contributed by atoms with Gasteiger partial charge in [-0.25, -0.2) is 13.1 Å². The van der Waals surface area contributed by atoms with Gasteiger partial charge in [0.05, 0.1) is 5.69 Å². The molecular weight excluding hydrogens is 262 g/mol. The Morgan fingerprint density at radius 2 is 1.79 bits per heavy atom. The van der Waals surface area contributed by atoms with Gasteiger partial charge in [0.25, 0.3) is 0 Å². The van der Waals surface area contributed by atoms with Gasteiger partial charge in [0, 0.05) is 25.0 Å². The zero-order valence-corrected chi connectivity index (χ0v) is 12.8. The second kappa shape index (κ2) is 6.34. The first-order valence-electron chi connectivity index (χ1n) is 6.60. The minimum Gasteiger partial charge on any atom is -0.387 e. The van der Waals surface area contributed by atoms with Crippen LogP contribution in [-0.2, 0) is 10.0 Å². The first kappa shape index (κ1) is 15.9. The molecule has 0 atom stereocenters. The number of pyridine rings is 1. The molecule has 0 aromatic carbocycles. The Bertz CT molecular complexity index is 502. The molecule has 1 aromatic rings. The van der Waals surface area contributed by atoms with Gasteiger partial charge in [0.1, 0.15) is 4.90 Å². The quantitative estimate of drug-likeness (QED) is 0.807. The summed E-state index contributed by atoms with van der Waals surface area (Å²) >= 11 is 0. The van der Waals surface area contributed by atoms with Crippen molar-refractivity contribution in [3.63, 3.8) is 0 Å². The summed E-state index contributed by atoms with van der Waals surface area (Å²) in [6, 6.07) is 1.65. The highest BCUT2D eigenvalue weighted by Crippen LogP contribution is 2.25. The van der Waals surface area contributed by atoms with E-state index in [4.69, 9.17) is 0 Å². The summed E-state index contributed by atoms with van der Waals surface area (Å²) < 4.78 is 27.9. The average molecular weight is 285 g/mol. The highest BCUT2D eigenvalue weighted by atomic mass is 32.2. The predicted octanol–water partition coefficient (Wildman–Crippen LogP) is 2.37. The molecule has 0 saturated heterocycles. The molecule has 6 heteroatoms. The van der Waals surface area contributed by atoms with Gasteiger partial charge < -0.3 is 5.32 Å². The van der Waals surface area contributed by atoms with Crippen molar-refractivity contribution in [2.45, 2.75) is 50.5 Å². The summed E-state index contributed by atoms with van der Waals surface area (Å²) in [6.07, 6.45) is 5.22. The molecular formula is C13H23N3O2S. The molecule has 0 fully saturated rings. The predicted molar refractivity (Wildman–Crippen MR) is 77.7 cm³/mol. The van der Waals surface area contributed by atoms with E-state index in [0.717, 1.165) is 19.3 Å². The topological polar surface area (TPSA) is 71.1 Å². The fourth-order valence-electron chi connectivity index (χ4n) is 2.11. The lowest BCUT2D eigenvalue weighted by Gasteiger charge is -2.31. The number of anilines is 1. The van der Waals surface area contributed by atoms with E-state index < -0.39 is 10.0 Å². The Morgan fingerprint density at radius 3 is 2.26 bits per heavy atom. The van der Waals surface area contributed by atoms with Gasteiger partial charge >= 0.3 is 0 Å². The number of rotatable bonds is 7. The van der Waals surface area contributed by atoms with Crippen LogP contribution in [0.1, 0.15) is 40.0 Å². The van der Waals surface area contributed by atoms with Gasteiger partial charge in [0.2, 0.25) is 10.0 Å². The van der Waals surface area contributed by atoms with E-state index in [2.05, 4.69) is 15.0 Å². The van der Waals surface area contributed by atoms with E-state index in [9.17, 15) is 8.42 Å². The van der Waals surface area contributed by atoms with Crippen molar-refractivity contribution in [3.8, 4) is 0 Å². The second-order valence-corrected chi connectivity index (χ2v) is 6.22. The Morgan fingerprint density at radius 1 is 1.21 bits per heavy atom. The van der Waals surface area contributed by atoms with Crippen molar-refractivity contribution in [2.75, 3.05) is 12.4 Å². The van der Waals surface area contributed by atoms with Gasteiger partial charge in [-0.15, -0.1) is 0 Å². The molecule has 0 aliphatic rings. The molecule has 0 aliphatic carbocycles. The maximum Gasteiger partial charge on any atom is 0.244 e. The largest absolute Gasteiger partial charge is 0.387 e. The molecule has 1 aromatic heterocycles. The highest BCUT2D eigenvalue weighted by Gasteiger charge is 2.31. The zero-order valence-electron chi connectivity index (χ0n) is 12.0. The monoisotopic (exact) mass is 285 g/mol. The molecule has 0 saturated carbocycles. The van der Waals surface area contributed by atoms with Gasteiger partial charge in [0.15, 0.2) is 0 Å². The van der Waals surface area contributed by atoms with Crippen LogP contribution in [-0.4, -0.2) is 26.0 Å². The summed E-state index contributed by atoms with van der Waals surface area (Å²) in [4.78, 5) is 4.10. The Labute approximate surface area is 115 Å². The van der Waals surface area contributed by atoms with E-state index in [0.29, 0.717) is 5.69 Å². The van der Waals surface area contributed by atoms with Crippen molar-refractivity contribution in [1.82, 2.24) is 9.71 Å². The Hall–Kier alpha value is -1.14. The van der Waals surface area contributed by atoms with E-state index >= 15 is 0 Å². The summed E-state index contributed by atoms with van der Waals surface area (Å²) in [5.74, 6) is 0. The molecule has 2 N–H and O–H groups in total. The average Bonchev–Trinajstić information content (AvgIpc) is 2.45. The number of hydrogen-bond donors (Lipinski definition) is 2. The van der Waals surface area contributed by atoms with Crippen LogP contribution in [0.4, 0.5) is 5.69 Å². The van der Waals surface area contributed by atoms with Crippen molar-refractivity contribution in [1.29, 1.82) is 0 Å². The number of aromatic nitrogens is 1. The van der Waals surface area contributed by atoms with Crippen LogP contribution < -0.4 is 10.0 Å². The van der Waals surface area contributed by atoms with Gasteiger partial charge in [-0.3, -0.25) is 4.98 Å². The normalized spacial score (nSPS) is 12.4. The zero-order chi connectivity index (χ0) is 14.5. The van der Waals surface area contributed by atoms with E-state index in [1.807, 2.05) is 20.8 Å². The minimum absolute atomic E-state index is 0.192. The van der Waals surface area contributed by atoms with Crippen molar-refractivity contribution < 1.29 is 8.42 Å². The molecule has 0 aliphatic heterocycles. The van der Waals surface area contributed by atoms with Crippen molar-refractivity contribution >= 4 is 15.7 Å². The van der Waals surface area contributed by atoms with Crippen LogP contribution in [0.15, 0.2) is 23.4 Å². The van der Waals surface area contributed by atoms with Gasteiger partial charge in [-0.05, 0) is 25.3 Å². The molecule has 0 radical (unpaired) electrons. The maximum atomic E-state index is 12.5. The first-order valence-corrected chi connectivity index (χ1v) is 8.08. The molecule has 0 unspecified atom stereocenters. The van der Waals surface area contributed by atoms with Crippen LogP contribution >= 0.6 is 0 Å². The summed E-state index contributed by atoms with van der Waals surface area (Å²) in [6.45, 7) is 5.99. The molecule has 0 bridgehead atoms. The molecule has 1 rings (SSSR count). The third-order valence-electron chi connectivity index (χ3n) is 3.72. The van der Waals surface area contributed by atoms with Gasteiger partial charge in [-0.1, -0.05) is 20.8 Å². The molecule has 5 nitrogen and oxygen atoms in total. The maximum absolute atomic E-state index is 12.5. The number of hydrogen-bond acceptors (Lipinski definition) is 4. The van der Waals surface area contributed by atoms with E-state index in [-0.39, 0.29) is 10.4 Å². The lowest BCUT2D eigenvalue weighted by molar-refractivity contribution is 0.342. The molecule has 1 heterocycles. The molecule has 108 valence electrons. The molecule has 0 amide bonds. The Kier molecular flexibility index (Phi) is 5.31. The lowest BCUT2D eigenvalue weighted by Crippen LogP contribution is -2.47. The number of sulfonamides is 1. The van der Waals surface area contributed by atoms with E-state index in [1.54, 1.807) is 19.3 Å². The van der Waals surface area contributed by atoms with E-state index in [1.165, 1.54) is 6.20 Å². The van der Waals surface area contributed by atoms with Crippen LogP contribution in [0.2, 0.25) is 0 Å². The Balaban J connectivity index is 3.18. The van der Waals surface area contributed by atoms with Crippen LogP contribution in [0.5, 0.6) is 0 Å². The number of nitrogens with zero attached hydrogens (tertiary/aromatic N) is 1. The minimum atomic E-state index is -3.57.